The summed E-state index contributed by atoms with van der Waals surface area (Å²) < 4.78 is 11.6. The van der Waals surface area contributed by atoms with Gasteiger partial charge in [-0.15, -0.1) is 0 Å². The van der Waals surface area contributed by atoms with Crippen molar-refractivity contribution >= 4 is 51.6 Å². The van der Waals surface area contributed by atoms with Gasteiger partial charge in [0, 0.05) is 21.8 Å². The summed E-state index contributed by atoms with van der Waals surface area (Å²) in [6, 6.07) is 24.1. The molecule has 0 atom stereocenters. The van der Waals surface area contributed by atoms with Crippen molar-refractivity contribution in [3.8, 4) is 22.8 Å². The Labute approximate surface area is 224 Å². The predicted octanol–water partition coefficient (Wildman–Crippen LogP) is 7.83. The summed E-state index contributed by atoms with van der Waals surface area (Å²) in [6.07, 6.45) is 0. The summed E-state index contributed by atoms with van der Waals surface area (Å²) in [5, 5.41) is 6.41. The van der Waals surface area contributed by atoms with Gasteiger partial charge in [0.25, 0.3) is 5.91 Å². The van der Waals surface area contributed by atoms with Gasteiger partial charge < -0.3 is 14.2 Å². The van der Waals surface area contributed by atoms with Gasteiger partial charge in [0.05, 0.1) is 0 Å². The number of nitrogens with one attached hydrogen (secondary N) is 2. The van der Waals surface area contributed by atoms with E-state index in [0.717, 1.165) is 11.1 Å². The molecule has 0 aliphatic heterocycles. The maximum absolute atomic E-state index is 12.6. The third-order valence-electron chi connectivity index (χ3n) is 5.83. The van der Waals surface area contributed by atoms with Crippen LogP contribution in [0.25, 0.3) is 33.9 Å². The number of furan rings is 1. The average Bonchev–Trinajstić information content (AvgIpc) is 3.51. The third kappa shape index (κ3) is 5.58. The van der Waals surface area contributed by atoms with Crippen LogP contribution in [0.1, 0.15) is 36.9 Å². The highest BCUT2D eigenvalue weighted by atomic mass is 35.5. The zero-order valence-electron chi connectivity index (χ0n) is 20.5. The lowest BCUT2D eigenvalue weighted by atomic mass is 9.87. The van der Waals surface area contributed by atoms with E-state index in [4.69, 9.17) is 32.7 Å². The summed E-state index contributed by atoms with van der Waals surface area (Å²) in [5.74, 6) is 0.781. The van der Waals surface area contributed by atoms with Crippen molar-refractivity contribution in [2.45, 2.75) is 26.2 Å². The number of halogens is 1. The van der Waals surface area contributed by atoms with Gasteiger partial charge in [0.1, 0.15) is 11.3 Å². The first-order valence-electron chi connectivity index (χ1n) is 11.7. The van der Waals surface area contributed by atoms with E-state index in [1.165, 1.54) is 5.56 Å². The third-order valence-corrected chi connectivity index (χ3v) is 6.29. The summed E-state index contributed by atoms with van der Waals surface area (Å²) >= 11 is 11.3. The van der Waals surface area contributed by atoms with Crippen LogP contribution in [0, 0.1) is 0 Å². The van der Waals surface area contributed by atoms with Crippen molar-refractivity contribution in [1.29, 1.82) is 0 Å². The Morgan fingerprint density at radius 3 is 2.30 bits per heavy atom. The number of carbonyl (C=O) groups is 1. The van der Waals surface area contributed by atoms with Crippen LogP contribution >= 0.6 is 23.8 Å². The zero-order chi connectivity index (χ0) is 26.2. The quantitative estimate of drug-likeness (QED) is 0.231. The second-order valence-corrected chi connectivity index (χ2v) is 10.5. The molecule has 186 valence electrons. The lowest BCUT2D eigenvalue weighted by Gasteiger charge is -2.18. The van der Waals surface area contributed by atoms with Crippen molar-refractivity contribution in [1.82, 2.24) is 10.3 Å². The molecule has 0 spiro atoms. The lowest BCUT2D eigenvalue weighted by molar-refractivity contribution is 0.0951. The molecule has 5 aromatic rings. The number of aromatic nitrogens is 1. The summed E-state index contributed by atoms with van der Waals surface area (Å²) in [6.45, 7) is 6.53. The molecule has 0 fully saturated rings. The molecule has 0 radical (unpaired) electrons. The largest absolute Gasteiger partial charge is 0.451 e. The number of rotatable bonds is 4. The fourth-order valence-corrected chi connectivity index (χ4v) is 4.13. The highest BCUT2D eigenvalue weighted by Gasteiger charge is 2.16. The van der Waals surface area contributed by atoms with Gasteiger partial charge in [-0.05, 0) is 89.9 Å². The zero-order valence-corrected chi connectivity index (χ0v) is 22.0. The molecule has 1 amide bonds. The van der Waals surface area contributed by atoms with Crippen molar-refractivity contribution in [2.75, 3.05) is 5.32 Å². The number of amides is 1. The van der Waals surface area contributed by atoms with Crippen LogP contribution in [0.15, 0.2) is 87.7 Å². The first-order valence-corrected chi connectivity index (χ1v) is 12.4. The number of carbonyl (C=O) groups excluding carboxylic acids is 1. The van der Waals surface area contributed by atoms with Crippen LogP contribution in [0.5, 0.6) is 0 Å². The minimum Gasteiger partial charge on any atom is -0.451 e. The Morgan fingerprint density at radius 1 is 0.892 bits per heavy atom. The highest BCUT2D eigenvalue weighted by Crippen LogP contribution is 2.29. The Morgan fingerprint density at radius 2 is 1.59 bits per heavy atom. The maximum Gasteiger partial charge on any atom is 0.293 e. The molecule has 2 aromatic heterocycles. The Balaban J connectivity index is 1.25. The molecular weight excluding hydrogens is 506 g/mol. The van der Waals surface area contributed by atoms with Gasteiger partial charge in [-0.2, -0.15) is 0 Å². The smallest absolute Gasteiger partial charge is 0.293 e. The van der Waals surface area contributed by atoms with Crippen LogP contribution in [0.4, 0.5) is 5.69 Å². The minimum absolute atomic E-state index is 0.0736. The Hall–Kier alpha value is -3.94. The molecule has 0 bridgehead atoms. The molecule has 6 nitrogen and oxygen atoms in total. The van der Waals surface area contributed by atoms with E-state index in [9.17, 15) is 4.79 Å². The SMILES string of the molecule is CC(C)(C)c1ccc(-c2nc3cc(NC(=S)NC(=O)c4ccc(-c5ccc(Cl)cc5)o4)ccc3o2)cc1. The van der Waals surface area contributed by atoms with Crippen molar-refractivity contribution in [2.24, 2.45) is 0 Å². The highest BCUT2D eigenvalue weighted by molar-refractivity contribution is 7.80. The molecule has 0 aliphatic rings. The van der Waals surface area contributed by atoms with Gasteiger partial charge in [-0.3, -0.25) is 10.1 Å². The average molecular weight is 530 g/mol. The fourth-order valence-electron chi connectivity index (χ4n) is 3.80. The van der Waals surface area contributed by atoms with Gasteiger partial charge in [0.2, 0.25) is 5.89 Å². The number of hydrogen-bond acceptors (Lipinski definition) is 5. The van der Waals surface area contributed by atoms with Gasteiger partial charge in [0.15, 0.2) is 16.5 Å². The molecule has 0 aliphatic carbocycles. The number of hydrogen-bond donors (Lipinski definition) is 2. The molecule has 0 saturated carbocycles. The Kier molecular flexibility index (Phi) is 6.58. The van der Waals surface area contributed by atoms with Crippen LogP contribution in [0.3, 0.4) is 0 Å². The summed E-state index contributed by atoms with van der Waals surface area (Å²) in [7, 11) is 0. The second kappa shape index (κ2) is 9.84. The number of benzene rings is 3. The maximum atomic E-state index is 12.6. The monoisotopic (exact) mass is 529 g/mol. The fraction of sp³-hybridized carbons (Fsp3) is 0.138. The number of thiocarbonyl (C=S) groups is 1. The van der Waals surface area contributed by atoms with E-state index in [1.807, 2.05) is 42.5 Å². The Bertz CT molecular complexity index is 1600. The van der Waals surface area contributed by atoms with Crippen LogP contribution < -0.4 is 10.6 Å². The van der Waals surface area contributed by atoms with Crippen LogP contribution in [0.2, 0.25) is 5.02 Å². The molecule has 37 heavy (non-hydrogen) atoms. The normalized spacial score (nSPS) is 11.5. The minimum atomic E-state index is -0.457. The number of anilines is 1. The molecule has 0 unspecified atom stereocenters. The topological polar surface area (TPSA) is 80.3 Å². The molecule has 2 N–H and O–H groups in total. The van der Waals surface area contributed by atoms with E-state index >= 15 is 0 Å². The summed E-state index contributed by atoms with van der Waals surface area (Å²) in [5.41, 5.74) is 5.03. The van der Waals surface area contributed by atoms with Crippen molar-refractivity contribution in [3.63, 3.8) is 0 Å². The molecular formula is C29H24ClN3O3S. The first kappa shape index (κ1) is 24.7. The van der Waals surface area contributed by atoms with Crippen molar-refractivity contribution < 1.29 is 13.6 Å². The van der Waals surface area contributed by atoms with E-state index in [0.29, 0.717) is 33.5 Å². The van der Waals surface area contributed by atoms with Gasteiger partial charge in [-0.25, -0.2) is 4.98 Å². The molecule has 8 heteroatoms. The van der Waals surface area contributed by atoms with E-state index in [2.05, 4.69) is 48.5 Å². The van der Waals surface area contributed by atoms with Crippen LogP contribution in [-0.4, -0.2) is 16.0 Å². The van der Waals surface area contributed by atoms with Crippen molar-refractivity contribution in [3.05, 3.63) is 95.2 Å². The molecule has 5 rings (SSSR count). The van der Waals surface area contributed by atoms with Gasteiger partial charge >= 0.3 is 0 Å². The number of nitrogens with zero attached hydrogens (tertiary/aromatic N) is 1. The first-order chi connectivity index (χ1) is 17.7. The van der Waals surface area contributed by atoms with E-state index < -0.39 is 5.91 Å². The van der Waals surface area contributed by atoms with Crippen LogP contribution in [-0.2, 0) is 5.41 Å². The van der Waals surface area contributed by atoms with Gasteiger partial charge in [-0.1, -0.05) is 44.5 Å². The lowest BCUT2D eigenvalue weighted by Crippen LogP contribution is -2.33. The predicted molar refractivity (Wildman–Crippen MR) is 151 cm³/mol. The molecule has 2 heterocycles. The summed E-state index contributed by atoms with van der Waals surface area (Å²) in [4.78, 5) is 17.2. The van der Waals surface area contributed by atoms with E-state index in [1.54, 1.807) is 24.3 Å². The number of oxazole rings is 1. The molecule has 3 aromatic carbocycles. The standard InChI is InChI=1S/C29H24ClN3O3S/c1-29(2,3)19-8-4-18(5-9-19)27-32-22-16-21(12-13-24(22)36-27)31-28(37)33-26(34)25-15-14-23(35-25)17-6-10-20(30)11-7-17/h4-16H,1-3H3,(H2,31,33,34,37). The van der Waals surface area contributed by atoms with E-state index in [-0.39, 0.29) is 16.3 Å². The molecule has 0 saturated heterocycles. The second-order valence-electron chi connectivity index (χ2n) is 9.61. The number of fused-ring (bicyclic) bond motifs is 1.